The molecule has 12 heavy (non-hydrogen) atoms. The lowest BCUT2D eigenvalue weighted by Gasteiger charge is -2.18. The van der Waals surface area contributed by atoms with Gasteiger partial charge in [-0.3, -0.25) is 0 Å². The molecular formula is C8H12N2S2. The van der Waals surface area contributed by atoms with Crippen LogP contribution in [0.25, 0.3) is 0 Å². The van der Waals surface area contributed by atoms with Crippen molar-refractivity contribution in [1.82, 2.24) is 4.98 Å². The van der Waals surface area contributed by atoms with E-state index in [1.54, 1.807) is 11.3 Å². The maximum absolute atomic E-state index is 5.59. The number of anilines is 1. The van der Waals surface area contributed by atoms with Gasteiger partial charge in [0.25, 0.3) is 0 Å². The smallest absolute Gasteiger partial charge is 0.180 e. The number of hydrogen-bond donors (Lipinski definition) is 1. The molecule has 0 radical (unpaired) electrons. The van der Waals surface area contributed by atoms with E-state index in [1.165, 1.54) is 30.0 Å². The summed E-state index contributed by atoms with van der Waals surface area (Å²) in [6.45, 7) is 0. The van der Waals surface area contributed by atoms with Gasteiger partial charge in [-0.05, 0) is 24.3 Å². The van der Waals surface area contributed by atoms with Crippen LogP contribution in [0.15, 0.2) is 5.38 Å². The Kier molecular flexibility index (Phi) is 2.56. The van der Waals surface area contributed by atoms with Crippen molar-refractivity contribution in [1.29, 1.82) is 0 Å². The molecule has 0 atom stereocenters. The lowest BCUT2D eigenvalue weighted by atomic mass is 10.0. The van der Waals surface area contributed by atoms with Crippen molar-refractivity contribution >= 4 is 28.2 Å². The molecule has 0 unspecified atom stereocenters. The van der Waals surface area contributed by atoms with Crippen LogP contribution in [-0.2, 0) is 0 Å². The van der Waals surface area contributed by atoms with E-state index < -0.39 is 0 Å². The molecule has 1 aromatic rings. The summed E-state index contributed by atoms with van der Waals surface area (Å²) in [6.07, 6.45) is 2.54. The van der Waals surface area contributed by atoms with Crippen molar-refractivity contribution in [2.24, 2.45) is 0 Å². The highest BCUT2D eigenvalue weighted by Crippen LogP contribution is 2.32. The van der Waals surface area contributed by atoms with Gasteiger partial charge in [0.05, 0.1) is 5.69 Å². The second-order valence-electron chi connectivity index (χ2n) is 3.00. The van der Waals surface area contributed by atoms with Gasteiger partial charge in [0.1, 0.15) is 0 Å². The van der Waals surface area contributed by atoms with E-state index in [2.05, 4.69) is 10.4 Å². The van der Waals surface area contributed by atoms with Gasteiger partial charge >= 0.3 is 0 Å². The molecule has 66 valence electrons. The fraction of sp³-hybridized carbons (Fsp3) is 0.625. The Balaban J connectivity index is 2.08. The van der Waals surface area contributed by atoms with Gasteiger partial charge in [-0.1, -0.05) is 0 Å². The number of aromatic nitrogens is 1. The van der Waals surface area contributed by atoms with E-state index in [9.17, 15) is 0 Å². The lowest BCUT2D eigenvalue weighted by Crippen LogP contribution is -2.08. The number of rotatable bonds is 1. The molecule has 1 saturated heterocycles. The minimum Gasteiger partial charge on any atom is -0.375 e. The Hall–Kier alpha value is -0.220. The average molecular weight is 200 g/mol. The van der Waals surface area contributed by atoms with E-state index in [1.807, 2.05) is 11.8 Å². The first kappa shape index (κ1) is 8.38. The summed E-state index contributed by atoms with van der Waals surface area (Å²) in [6, 6.07) is 0. The predicted molar refractivity (Wildman–Crippen MR) is 55.8 cm³/mol. The number of hydrogen-bond acceptors (Lipinski definition) is 4. The summed E-state index contributed by atoms with van der Waals surface area (Å²) in [4.78, 5) is 4.32. The summed E-state index contributed by atoms with van der Waals surface area (Å²) in [5, 5.41) is 2.82. The Morgan fingerprint density at radius 2 is 2.17 bits per heavy atom. The molecule has 0 aromatic carbocycles. The molecular weight excluding hydrogens is 188 g/mol. The highest BCUT2D eigenvalue weighted by molar-refractivity contribution is 7.99. The Bertz CT molecular complexity index is 253. The summed E-state index contributed by atoms with van der Waals surface area (Å²) >= 11 is 3.60. The highest BCUT2D eigenvalue weighted by atomic mass is 32.2. The first-order chi connectivity index (χ1) is 5.86. The van der Waals surface area contributed by atoms with Gasteiger partial charge in [0.2, 0.25) is 0 Å². The van der Waals surface area contributed by atoms with Crippen LogP contribution in [0.5, 0.6) is 0 Å². The molecule has 0 amide bonds. The van der Waals surface area contributed by atoms with E-state index in [-0.39, 0.29) is 0 Å². The molecule has 4 heteroatoms. The maximum Gasteiger partial charge on any atom is 0.180 e. The van der Waals surface area contributed by atoms with Gasteiger partial charge < -0.3 is 5.73 Å². The summed E-state index contributed by atoms with van der Waals surface area (Å²) in [7, 11) is 0. The SMILES string of the molecule is Nc1nc(C2CCSCC2)cs1. The summed E-state index contributed by atoms with van der Waals surface area (Å²) < 4.78 is 0. The quantitative estimate of drug-likeness (QED) is 0.756. The first-order valence-electron chi connectivity index (χ1n) is 4.15. The second kappa shape index (κ2) is 3.66. The van der Waals surface area contributed by atoms with Crippen LogP contribution in [0.4, 0.5) is 5.13 Å². The number of thiazole rings is 1. The maximum atomic E-state index is 5.59. The Morgan fingerprint density at radius 3 is 2.75 bits per heavy atom. The summed E-state index contributed by atoms with van der Waals surface area (Å²) in [5.41, 5.74) is 6.81. The number of nitrogens with zero attached hydrogens (tertiary/aromatic N) is 1. The van der Waals surface area contributed by atoms with Crippen LogP contribution >= 0.6 is 23.1 Å². The Labute approximate surface area is 80.6 Å². The molecule has 1 aliphatic rings. The van der Waals surface area contributed by atoms with Crippen molar-refractivity contribution < 1.29 is 0 Å². The fourth-order valence-corrected chi connectivity index (χ4v) is 3.23. The highest BCUT2D eigenvalue weighted by Gasteiger charge is 2.17. The molecule has 2 heterocycles. The third-order valence-electron chi connectivity index (χ3n) is 2.18. The largest absolute Gasteiger partial charge is 0.375 e. The molecule has 2 N–H and O–H groups in total. The predicted octanol–water partition coefficient (Wildman–Crippen LogP) is 2.34. The van der Waals surface area contributed by atoms with Crippen molar-refractivity contribution in [3.8, 4) is 0 Å². The van der Waals surface area contributed by atoms with Crippen LogP contribution in [0.3, 0.4) is 0 Å². The second-order valence-corrected chi connectivity index (χ2v) is 5.11. The van der Waals surface area contributed by atoms with Crippen molar-refractivity contribution in [2.75, 3.05) is 17.2 Å². The minimum atomic E-state index is 0.680. The zero-order chi connectivity index (χ0) is 8.39. The van der Waals surface area contributed by atoms with Gasteiger partial charge in [-0.2, -0.15) is 11.8 Å². The van der Waals surface area contributed by atoms with Crippen molar-refractivity contribution in [3.63, 3.8) is 0 Å². The van der Waals surface area contributed by atoms with Crippen LogP contribution in [0.1, 0.15) is 24.5 Å². The molecule has 1 fully saturated rings. The first-order valence-corrected chi connectivity index (χ1v) is 6.18. The minimum absolute atomic E-state index is 0.680. The fourth-order valence-electron chi connectivity index (χ4n) is 1.48. The number of thioether (sulfide) groups is 1. The molecule has 1 aromatic heterocycles. The molecule has 0 bridgehead atoms. The van der Waals surface area contributed by atoms with Gasteiger partial charge in [-0.25, -0.2) is 4.98 Å². The van der Waals surface area contributed by atoms with Crippen LogP contribution < -0.4 is 5.73 Å². The summed E-state index contributed by atoms with van der Waals surface area (Å²) in [5.74, 6) is 3.24. The number of nitrogen functional groups attached to an aromatic ring is 1. The van der Waals surface area contributed by atoms with E-state index in [4.69, 9.17) is 5.73 Å². The van der Waals surface area contributed by atoms with Crippen molar-refractivity contribution in [3.05, 3.63) is 11.1 Å². The third-order valence-corrected chi connectivity index (χ3v) is 3.92. The standard InChI is InChI=1S/C8H12N2S2/c9-8-10-7(5-12-8)6-1-3-11-4-2-6/h5-6H,1-4H2,(H2,9,10). The molecule has 1 aliphatic heterocycles. The van der Waals surface area contributed by atoms with Gasteiger partial charge in [0.15, 0.2) is 5.13 Å². The molecule has 0 spiro atoms. The zero-order valence-corrected chi connectivity index (χ0v) is 8.46. The van der Waals surface area contributed by atoms with E-state index in [0.717, 1.165) is 0 Å². The molecule has 2 nitrogen and oxygen atoms in total. The molecule has 2 rings (SSSR count). The van der Waals surface area contributed by atoms with Crippen LogP contribution in [0.2, 0.25) is 0 Å². The van der Waals surface area contributed by atoms with Crippen LogP contribution in [-0.4, -0.2) is 16.5 Å². The molecule has 0 aliphatic carbocycles. The van der Waals surface area contributed by atoms with Gasteiger partial charge in [0, 0.05) is 11.3 Å². The molecule has 0 saturated carbocycles. The average Bonchev–Trinajstić information content (AvgIpc) is 2.54. The monoisotopic (exact) mass is 200 g/mol. The normalized spacial score (nSPS) is 19.7. The topological polar surface area (TPSA) is 38.9 Å². The Morgan fingerprint density at radius 1 is 1.42 bits per heavy atom. The van der Waals surface area contributed by atoms with Crippen molar-refractivity contribution in [2.45, 2.75) is 18.8 Å². The van der Waals surface area contributed by atoms with Gasteiger partial charge in [-0.15, -0.1) is 11.3 Å². The third kappa shape index (κ3) is 1.75. The number of nitrogens with two attached hydrogens (primary N) is 1. The van der Waals surface area contributed by atoms with E-state index in [0.29, 0.717) is 11.0 Å². The lowest BCUT2D eigenvalue weighted by molar-refractivity contribution is 0.623. The zero-order valence-electron chi connectivity index (χ0n) is 6.82. The van der Waals surface area contributed by atoms with Crippen LogP contribution in [0, 0.1) is 0 Å². The van der Waals surface area contributed by atoms with E-state index >= 15 is 0 Å².